The van der Waals surface area contributed by atoms with Crippen molar-refractivity contribution in [2.75, 3.05) is 13.6 Å². The highest BCUT2D eigenvalue weighted by molar-refractivity contribution is 6.34. The number of hydrogen-bond donors (Lipinski definition) is 0. The minimum absolute atomic E-state index is 0.137. The molecule has 0 radical (unpaired) electrons. The Bertz CT molecular complexity index is 466. The zero-order valence-corrected chi connectivity index (χ0v) is 12.7. The van der Waals surface area contributed by atoms with Crippen LogP contribution < -0.4 is 0 Å². The minimum atomic E-state index is 0.137. The molecule has 0 N–H and O–H groups in total. The van der Waals surface area contributed by atoms with Crippen LogP contribution in [0.2, 0.25) is 5.02 Å². The van der Waals surface area contributed by atoms with E-state index in [0.717, 1.165) is 44.6 Å². The first-order valence-electron chi connectivity index (χ1n) is 7.14. The van der Waals surface area contributed by atoms with E-state index in [1.54, 1.807) is 0 Å². The fraction of sp³-hybridized carbons (Fsp3) is 0.714. The van der Waals surface area contributed by atoms with E-state index in [4.69, 9.17) is 11.6 Å². The van der Waals surface area contributed by atoms with Gasteiger partial charge in [-0.1, -0.05) is 25.4 Å². The number of Topliss-reactive ketones (excluding diaryl/α,β-unsaturated/α-hetero) is 1. The van der Waals surface area contributed by atoms with E-state index in [1.807, 2.05) is 18.5 Å². The van der Waals surface area contributed by atoms with Crippen LogP contribution in [-0.4, -0.2) is 34.1 Å². The highest BCUT2D eigenvalue weighted by atomic mass is 35.5. The molecule has 2 aliphatic rings. The number of halogens is 1. The fourth-order valence-corrected chi connectivity index (χ4v) is 2.62. The van der Waals surface area contributed by atoms with Crippen LogP contribution in [0.15, 0.2) is 0 Å². The van der Waals surface area contributed by atoms with Crippen molar-refractivity contribution in [2.45, 2.75) is 46.2 Å². The summed E-state index contributed by atoms with van der Waals surface area (Å²) >= 11 is 6.32. The molecule has 4 nitrogen and oxygen atoms in total. The number of carbonyl (C=O) groups is 1. The second-order valence-electron chi connectivity index (χ2n) is 5.06. The lowest BCUT2D eigenvalue weighted by molar-refractivity contribution is 0.0962. The first-order valence-corrected chi connectivity index (χ1v) is 7.52. The van der Waals surface area contributed by atoms with E-state index in [-0.39, 0.29) is 11.7 Å². The number of nitrogens with zero attached hydrogens (tertiary/aromatic N) is 3. The second kappa shape index (κ2) is 6.06. The standard InChI is InChI=1S/C12H16ClN3O.C2H6/c1-15-5-2-6-16-9(7-15)10(13)11(14-16)12(17)8-3-4-8;1-2/h8H,2-7H2,1H3;1-2H3. The molecule has 0 amide bonds. The van der Waals surface area contributed by atoms with Crippen LogP contribution in [0.1, 0.15) is 49.3 Å². The number of ketones is 1. The fourth-order valence-electron chi connectivity index (χ4n) is 2.33. The van der Waals surface area contributed by atoms with Gasteiger partial charge in [0.15, 0.2) is 5.78 Å². The highest BCUT2D eigenvalue weighted by Crippen LogP contribution is 2.35. The Balaban J connectivity index is 0.000000637. The molecule has 1 saturated carbocycles. The topological polar surface area (TPSA) is 38.1 Å². The summed E-state index contributed by atoms with van der Waals surface area (Å²) in [5, 5.41) is 4.99. The summed E-state index contributed by atoms with van der Waals surface area (Å²) in [4.78, 5) is 14.3. The lowest BCUT2D eigenvalue weighted by Crippen LogP contribution is -2.17. The highest BCUT2D eigenvalue weighted by Gasteiger charge is 2.35. The smallest absolute Gasteiger partial charge is 0.187 e. The summed E-state index contributed by atoms with van der Waals surface area (Å²) in [6.07, 6.45) is 3.05. The first-order chi connectivity index (χ1) is 9.16. The molecule has 0 aromatic carbocycles. The van der Waals surface area contributed by atoms with Crippen LogP contribution in [-0.2, 0) is 13.1 Å². The molecule has 0 atom stereocenters. The zero-order valence-electron chi connectivity index (χ0n) is 11.9. The van der Waals surface area contributed by atoms with Gasteiger partial charge < -0.3 is 4.90 Å². The van der Waals surface area contributed by atoms with Gasteiger partial charge >= 0.3 is 0 Å². The third kappa shape index (κ3) is 3.00. The molecule has 1 aliphatic heterocycles. The van der Waals surface area contributed by atoms with E-state index < -0.39 is 0 Å². The van der Waals surface area contributed by atoms with Crippen LogP contribution >= 0.6 is 11.6 Å². The molecule has 3 rings (SSSR count). The molecule has 2 heterocycles. The summed E-state index contributed by atoms with van der Waals surface area (Å²) in [5.74, 6) is 0.322. The van der Waals surface area contributed by atoms with Gasteiger partial charge in [-0.25, -0.2) is 0 Å². The Morgan fingerprint density at radius 2 is 2.00 bits per heavy atom. The van der Waals surface area contributed by atoms with E-state index in [9.17, 15) is 4.79 Å². The molecule has 1 aromatic heterocycles. The van der Waals surface area contributed by atoms with Crippen LogP contribution in [0.5, 0.6) is 0 Å². The average Bonchev–Trinajstić information content (AvgIpc) is 3.22. The normalized spacial score (nSPS) is 19.2. The summed E-state index contributed by atoms with van der Waals surface area (Å²) < 4.78 is 1.92. The lowest BCUT2D eigenvalue weighted by Gasteiger charge is -2.11. The quantitative estimate of drug-likeness (QED) is 0.783. The maximum absolute atomic E-state index is 12.0. The van der Waals surface area contributed by atoms with Gasteiger partial charge in [0.25, 0.3) is 0 Å². The number of aromatic nitrogens is 2. The van der Waals surface area contributed by atoms with Gasteiger partial charge in [-0.05, 0) is 26.3 Å². The Kier molecular flexibility index (Phi) is 4.63. The Morgan fingerprint density at radius 1 is 1.32 bits per heavy atom. The molecule has 1 fully saturated rings. The summed E-state index contributed by atoms with van der Waals surface area (Å²) in [6, 6.07) is 0. The van der Waals surface area contributed by atoms with E-state index in [0.29, 0.717) is 10.7 Å². The maximum atomic E-state index is 12.0. The largest absolute Gasteiger partial charge is 0.300 e. The van der Waals surface area contributed by atoms with Crippen molar-refractivity contribution in [1.82, 2.24) is 14.7 Å². The van der Waals surface area contributed by atoms with Crippen LogP contribution in [0.25, 0.3) is 0 Å². The molecule has 19 heavy (non-hydrogen) atoms. The predicted octanol–water partition coefficient (Wildman–Crippen LogP) is 2.99. The third-order valence-electron chi connectivity index (χ3n) is 3.50. The van der Waals surface area contributed by atoms with E-state index in [1.165, 1.54) is 0 Å². The van der Waals surface area contributed by atoms with E-state index in [2.05, 4.69) is 17.0 Å². The zero-order chi connectivity index (χ0) is 14.0. The second-order valence-corrected chi connectivity index (χ2v) is 5.44. The maximum Gasteiger partial charge on any atom is 0.187 e. The van der Waals surface area contributed by atoms with Gasteiger partial charge in [-0.2, -0.15) is 5.10 Å². The van der Waals surface area contributed by atoms with Crippen molar-refractivity contribution in [3.63, 3.8) is 0 Å². The monoisotopic (exact) mass is 283 g/mol. The molecule has 0 saturated heterocycles. The summed E-state index contributed by atoms with van der Waals surface area (Å²) in [6.45, 7) is 6.69. The molecule has 1 aliphatic carbocycles. The Labute approximate surface area is 119 Å². The third-order valence-corrected chi connectivity index (χ3v) is 3.90. The molecule has 0 bridgehead atoms. The van der Waals surface area contributed by atoms with Gasteiger partial charge in [0.2, 0.25) is 0 Å². The first kappa shape index (κ1) is 14.5. The summed E-state index contributed by atoms with van der Waals surface area (Å²) in [7, 11) is 2.07. The van der Waals surface area contributed by atoms with Crippen LogP contribution in [0.3, 0.4) is 0 Å². The van der Waals surface area contributed by atoms with Gasteiger partial charge in [0.05, 0.1) is 10.7 Å². The molecule has 106 valence electrons. The van der Waals surface area contributed by atoms with Crippen molar-refractivity contribution in [3.05, 3.63) is 16.4 Å². The summed E-state index contributed by atoms with van der Waals surface area (Å²) in [5.41, 5.74) is 1.50. The lowest BCUT2D eigenvalue weighted by atomic mass is 10.2. The number of fused-ring (bicyclic) bond motifs is 1. The van der Waals surface area contributed by atoms with Crippen molar-refractivity contribution in [2.24, 2.45) is 5.92 Å². The number of rotatable bonds is 2. The van der Waals surface area contributed by atoms with Gasteiger partial charge in [0.1, 0.15) is 5.69 Å². The number of hydrogen-bond acceptors (Lipinski definition) is 3. The van der Waals surface area contributed by atoms with Crippen molar-refractivity contribution >= 4 is 17.4 Å². The average molecular weight is 284 g/mol. The van der Waals surface area contributed by atoms with Gasteiger partial charge in [0, 0.05) is 25.6 Å². The van der Waals surface area contributed by atoms with Crippen molar-refractivity contribution < 1.29 is 4.79 Å². The number of carbonyl (C=O) groups excluding carboxylic acids is 1. The molecular weight excluding hydrogens is 262 g/mol. The van der Waals surface area contributed by atoms with Crippen molar-refractivity contribution in [1.29, 1.82) is 0 Å². The molecule has 5 heteroatoms. The van der Waals surface area contributed by atoms with Crippen LogP contribution in [0.4, 0.5) is 0 Å². The molecular formula is C14H22ClN3O. The molecule has 0 spiro atoms. The van der Waals surface area contributed by atoms with Gasteiger partial charge in [-0.3, -0.25) is 9.48 Å². The molecule has 0 unspecified atom stereocenters. The van der Waals surface area contributed by atoms with Crippen LogP contribution in [0, 0.1) is 5.92 Å². The SMILES string of the molecule is CC.CN1CCCn2nc(C(=O)C3CC3)c(Cl)c2C1. The Hall–Kier alpha value is -0.870. The molecule has 1 aromatic rings. The number of aryl methyl sites for hydroxylation is 1. The minimum Gasteiger partial charge on any atom is -0.300 e. The van der Waals surface area contributed by atoms with Crippen molar-refractivity contribution in [3.8, 4) is 0 Å². The Morgan fingerprint density at radius 3 is 2.63 bits per heavy atom. The predicted molar refractivity (Wildman–Crippen MR) is 76.6 cm³/mol. The van der Waals surface area contributed by atoms with Gasteiger partial charge in [-0.15, -0.1) is 0 Å². The van der Waals surface area contributed by atoms with E-state index >= 15 is 0 Å².